The predicted octanol–water partition coefficient (Wildman–Crippen LogP) is 4.09. The van der Waals surface area contributed by atoms with Crippen LogP contribution >= 0.6 is 27.7 Å². The van der Waals surface area contributed by atoms with Gasteiger partial charge in [-0.3, -0.25) is 4.79 Å². The molecule has 166 valence electrons. The number of aliphatic hydroxyl groups is 1. The summed E-state index contributed by atoms with van der Waals surface area (Å²) < 4.78 is 21.2. The Morgan fingerprint density at radius 3 is 2.84 bits per heavy atom. The number of aromatic nitrogens is 2. The second kappa shape index (κ2) is 8.28. The van der Waals surface area contributed by atoms with Crippen molar-refractivity contribution in [1.29, 1.82) is 0 Å². The molecule has 9 heteroatoms. The van der Waals surface area contributed by atoms with Gasteiger partial charge in [0.1, 0.15) is 12.4 Å². The number of fused-ring (bicyclic) bond motifs is 5. The van der Waals surface area contributed by atoms with Crippen molar-refractivity contribution >= 4 is 44.6 Å². The van der Waals surface area contributed by atoms with Gasteiger partial charge in [-0.15, -0.1) is 11.8 Å². The lowest BCUT2D eigenvalue weighted by Crippen LogP contribution is -2.32. The standard InChI is InChI=1S/C23H20BrFN2O4S/c1-32-19-7-12-11(4-2-3-5-24)14-9-27-18(20(14)26-17(12)8-16(19)25)6-13-15(22(27)29)10-31-23(30)21(13)28/h6-8,21,28H,2-5,9-10H2,1H3/t21-/m0/s1. The van der Waals surface area contributed by atoms with Crippen LogP contribution < -0.4 is 5.56 Å². The van der Waals surface area contributed by atoms with Crippen molar-refractivity contribution in [2.75, 3.05) is 11.6 Å². The molecular weight excluding hydrogens is 499 g/mol. The largest absolute Gasteiger partial charge is 0.458 e. The summed E-state index contributed by atoms with van der Waals surface area (Å²) in [5.74, 6) is -1.10. The molecule has 4 heterocycles. The lowest BCUT2D eigenvalue weighted by atomic mass is 9.95. The molecule has 2 aliphatic rings. The highest BCUT2D eigenvalue weighted by Crippen LogP contribution is 2.39. The number of rotatable bonds is 5. The molecule has 2 aromatic heterocycles. The average Bonchev–Trinajstić information content (AvgIpc) is 3.14. The molecule has 0 fully saturated rings. The van der Waals surface area contributed by atoms with Crippen LogP contribution in [0.3, 0.4) is 0 Å². The van der Waals surface area contributed by atoms with Crippen LogP contribution in [0.2, 0.25) is 0 Å². The number of thioether (sulfide) groups is 1. The number of aliphatic hydroxyl groups excluding tert-OH is 1. The number of cyclic esters (lactones) is 1. The van der Waals surface area contributed by atoms with Gasteiger partial charge < -0.3 is 14.4 Å². The number of hydrogen-bond acceptors (Lipinski definition) is 6. The van der Waals surface area contributed by atoms with Crippen molar-refractivity contribution in [1.82, 2.24) is 9.55 Å². The SMILES string of the molecule is CSc1cc2c(CCCCBr)c3c(nc2cc1F)-c1cc2c(c(=O)n1C3)COC(=O)[C@H]2O. The monoisotopic (exact) mass is 518 g/mol. The minimum Gasteiger partial charge on any atom is -0.458 e. The fourth-order valence-corrected chi connectivity index (χ4v) is 5.43. The molecule has 0 spiro atoms. The number of benzene rings is 1. The molecule has 0 saturated carbocycles. The maximum Gasteiger partial charge on any atom is 0.340 e. The van der Waals surface area contributed by atoms with E-state index in [4.69, 9.17) is 9.72 Å². The number of carbonyl (C=O) groups excluding carboxylic acids is 1. The van der Waals surface area contributed by atoms with Gasteiger partial charge in [-0.2, -0.15) is 0 Å². The van der Waals surface area contributed by atoms with E-state index in [9.17, 15) is 19.1 Å². The first-order chi connectivity index (χ1) is 15.4. The molecule has 0 aliphatic carbocycles. The predicted molar refractivity (Wildman–Crippen MR) is 124 cm³/mol. The molecule has 1 aromatic carbocycles. The van der Waals surface area contributed by atoms with Crippen molar-refractivity contribution in [2.45, 2.75) is 43.4 Å². The molecule has 6 nitrogen and oxygen atoms in total. The highest BCUT2D eigenvalue weighted by atomic mass is 79.9. The highest BCUT2D eigenvalue weighted by molar-refractivity contribution is 9.09. The number of esters is 1. The average molecular weight is 519 g/mol. The maximum absolute atomic E-state index is 14.6. The van der Waals surface area contributed by atoms with Gasteiger partial charge in [0.05, 0.1) is 29.0 Å². The minimum atomic E-state index is -1.50. The number of aryl methyl sites for hydroxylation is 1. The van der Waals surface area contributed by atoms with Gasteiger partial charge in [-0.25, -0.2) is 14.2 Å². The number of halogens is 2. The zero-order valence-corrected chi connectivity index (χ0v) is 19.7. The van der Waals surface area contributed by atoms with E-state index >= 15 is 0 Å². The minimum absolute atomic E-state index is 0.156. The lowest BCUT2D eigenvalue weighted by Gasteiger charge is -2.21. The first-order valence-electron chi connectivity index (χ1n) is 10.3. The Labute approximate surface area is 195 Å². The van der Waals surface area contributed by atoms with Crippen molar-refractivity contribution in [3.63, 3.8) is 0 Å². The smallest absolute Gasteiger partial charge is 0.340 e. The van der Waals surface area contributed by atoms with Crippen LogP contribution in [0.5, 0.6) is 0 Å². The van der Waals surface area contributed by atoms with Crippen molar-refractivity contribution in [2.24, 2.45) is 0 Å². The molecule has 3 aromatic rings. The van der Waals surface area contributed by atoms with Gasteiger partial charge in [0.15, 0.2) is 6.10 Å². The molecule has 32 heavy (non-hydrogen) atoms. The molecular formula is C23H20BrFN2O4S. The molecule has 1 atom stereocenters. The van der Waals surface area contributed by atoms with Gasteiger partial charge in [0, 0.05) is 32.8 Å². The summed E-state index contributed by atoms with van der Waals surface area (Å²) in [6, 6.07) is 4.95. The van der Waals surface area contributed by atoms with E-state index in [0.717, 1.165) is 41.1 Å². The number of ether oxygens (including phenoxy) is 1. The first-order valence-corrected chi connectivity index (χ1v) is 12.7. The van der Waals surface area contributed by atoms with Crippen molar-refractivity contribution in [3.05, 3.63) is 56.6 Å². The van der Waals surface area contributed by atoms with Crippen LogP contribution in [-0.4, -0.2) is 32.2 Å². The summed E-state index contributed by atoms with van der Waals surface area (Å²) in [4.78, 5) is 30.4. The molecule has 0 unspecified atom stereocenters. The maximum atomic E-state index is 14.6. The molecule has 2 aliphatic heterocycles. The van der Waals surface area contributed by atoms with Crippen LogP contribution in [-0.2, 0) is 29.1 Å². The number of unbranched alkanes of at least 4 members (excludes halogenated alkanes) is 1. The molecule has 0 saturated heterocycles. The lowest BCUT2D eigenvalue weighted by molar-refractivity contribution is -0.157. The Hall–Kier alpha value is -2.23. The Morgan fingerprint density at radius 2 is 2.09 bits per heavy atom. The highest BCUT2D eigenvalue weighted by Gasteiger charge is 2.34. The summed E-state index contributed by atoms with van der Waals surface area (Å²) in [5.41, 5.74) is 3.93. The fraction of sp³-hybridized carbons (Fsp3) is 0.348. The molecule has 5 rings (SSSR count). The van der Waals surface area contributed by atoms with Gasteiger partial charge in [0.25, 0.3) is 5.56 Å². The Balaban J connectivity index is 1.76. The van der Waals surface area contributed by atoms with Gasteiger partial charge in [-0.1, -0.05) is 15.9 Å². The van der Waals surface area contributed by atoms with Crippen LogP contribution in [0.25, 0.3) is 22.3 Å². The van der Waals surface area contributed by atoms with E-state index in [2.05, 4.69) is 15.9 Å². The first kappa shape index (κ1) is 21.6. The van der Waals surface area contributed by atoms with E-state index in [-0.39, 0.29) is 29.1 Å². The molecule has 0 amide bonds. The van der Waals surface area contributed by atoms with E-state index in [1.165, 1.54) is 17.8 Å². The number of hydrogen-bond donors (Lipinski definition) is 1. The third-order valence-corrected chi connectivity index (χ3v) is 7.47. The zero-order valence-electron chi connectivity index (χ0n) is 17.3. The second-order valence-corrected chi connectivity index (χ2v) is 9.57. The summed E-state index contributed by atoms with van der Waals surface area (Å²) in [6.07, 6.45) is 3.04. The third kappa shape index (κ3) is 3.29. The third-order valence-electron chi connectivity index (χ3n) is 6.16. The van der Waals surface area contributed by atoms with Crippen molar-refractivity contribution < 1.29 is 19.0 Å². The zero-order chi connectivity index (χ0) is 22.6. The quantitative estimate of drug-likeness (QED) is 0.185. The van der Waals surface area contributed by atoms with Gasteiger partial charge in [-0.05, 0) is 43.2 Å². The van der Waals surface area contributed by atoms with E-state index in [1.54, 1.807) is 10.6 Å². The Bertz CT molecular complexity index is 1340. The van der Waals surface area contributed by atoms with Crippen LogP contribution in [0, 0.1) is 5.82 Å². The Kier molecular flexibility index (Phi) is 5.59. The van der Waals surface area contributed by atoms with Crippen LogP contribution in [0.15, 0.2) is 27.9 Å². The number of pyridine rings is 2. The van der Waals surface area contributed by atoms with E-state index < -0.39 is 12.1 Å². The van der Waals surface area contributed by atoms with E-state index in [1.807, 2.05) is 12.3 Å². The summed E-state index contributed by atoms with van der Waals surface area (Å²) in [6.45, 7) is 0.190. The molecule has 1 N–H and O–H groups in total. The number of alkyl halides is 1. The Morgan fingerprint density at radius 1 is 1.28 bits per heavy atom. The summed E-state index contributed by atoms with van der Waals surface area (Å²) >= 11 is 4.82. The topological polar surface area (TPSA) is 81.4 Å². The van der Waals surface area contributed by atoms with Gasteiger partial charge >= 0.3 is 5.97 Å². The van der Waals surface area contributed by atoms with Crippen molar-refractivity contribution in [3.8, 4) is 11.4 Å². The summed E-state index contributed by atoms with van der Waals surface area (Å²) in [5, 5.41) is 12.1. The van der Waals surface area contributed by atoms with Crippen LogP contribution in [0.1, 0.15) is 41.2 Å². The number of nitrogens with zero attached hydrogens (tertiary/aromatic N) is 2. The number of carbonyl (C=O) groups is 1. The fourth-order valence-electron chi connectivity index (χ4n) is 4.55. The van der Waals surface area contributed by atoms with Gasteiger partial charge in [0.2, 0.25) is 0 Å². The van der Waals surface area contributed by atoms with Crippen LogP contribution in [0.4, 0.5) is 4.39 Å². The summed E-state index contributed by atoms with van der Waals surface area (Å²) in [7, 11) is 0. The normalized spacial score (nSPS) is 16.6. The van der Waals surface area contributed by atoms with E-state index in [0.29, 0.717) is 28.3 Å². The second-order valence-electron chi connectivity index (χ2n) is 7.93. The molecule has 0 bridgehead atoms. The molecule has 0 radical (unpaired) electrons.